The van der Waals surface area contributed by atoms with Crippen LogP contribution in [0.2, 0.25) is 0 Å². The Balaban J connectivity index is 2.03. The Labute approximate surface area is 121 Å². The molecule has 1 aliphatic rings. The molecule has 6 nitrogen and oxygen atoms in total. The number of amides is 3. The third-order valence-electron chi connectivity index (χ3n) is 3.24. The molecule has 1 heterocycles. The molecule has 0 radical (unpaired) electrons. The average molecular weight is 293 g/mol. The number of imide groups is 1. The summed E-state index contributed by atoms with van der Waals surface area (Å²) in [5.41, 5.74) is 5.93. The van der Waals surface area contributed by atoms with Gasteiger partial charge in [-0.2, -0.15) is 0 Å². The number of nitrogen functional groups attached to an aromatic ring is 1. The standard InChI is InChI=1S/C14H16FN3O3/c1-8-4-13(20)18(14(21)5-8)7-12(19)17-11-6-9(15)2-3-10(11)16/h2-3,6,8H,4-5,7,16H2,1H3,(H,17,19). The second-order valence-electron chi connectivity index (χ2n) is 5.17. The van der Waals surface area contributed by atoms with Gasteiger partial charge < -0.3 is 11.1 Å². The summed E-state index contributed by atoms with van der Waals surface area (Å²) in [5.74, 6) is -1.90. The van der Waals surface area contributed by atoms with Gasteiger partial charge in [0.2, 0.25) is 17.7 Å². The van der Waals surface area contributed by atoms with Crippen LogP contribution in [0.25, 0.3) is 0 Å². The molecule has 0 unspecified atom stereocenters. The van der Waals surface area contributed by atoms with Gasteiger partial charge in [0.25, 0.3) is 0 Å². The lowest BCUT2D eigenvalue weighted by atomic mass is 9.98. The van der Waals surface area contributed by atoms with Crippen LogP contribution in [0.15, 0.2) is 18.2 Å². The second kappa shape index (κ2) is 5.90. The van der Waals surface area contributed by atoms with Gasteiger partial charge in [0.05, 0.1) is 11.4 Å². The molecular weight excluding hydrogens is 277 g/mol. The van der Waals surface area contributed by atoms with E-state index in [2.05, 4.69) is 5.32 Å². The molecule has 3 N–H and O–H groups in total. The maximum Gasteiger partial charge on any atom is 0.244 e. The van der Waals surface area contributed by atoms with Crippen LogP contribution < -0.4 is 11.1 Å². The third-order valence-corrected chi connectivity index (χ3v) is 3.24. The summed E-state index contributed by atoms with van der Waals surface area (Å²) in [6.07, 6.45) is 0.474. The Morgan fingerprint density at radius 2 is 2.00 bits per heavy atom. The first-order chi connectivity index (χ1) is 9.86. The summed E-state index contributed by atoms with van der Waals surface area (Å²) in [7, 11) is 0. The lowest BCUT2D eigenvalue weighted by Gasteiger charge is -2.27. The summed E-state index contributed by atoms with van der Waals surface area (Å²) < 4.78 is 13.1. The van der Waals surface area contributed by atoms with Crippen molar-refractivity contribution in [2.45, 2.75) is 19.8 Å². The highest BCUT2D eigenvalue weighted by atomic mass is 19.1. The second-order valence-corrected chi connectivity index (χ2v) is 5.17. The van der Waals surface area contributed by atoms with Gasteiger partial charge >= 0.3 is 0 Å². The SMILES string of the molecule is CC1CC(=O)N(CC(=O)Nc2cc(F)ccc2N)C(=O)C1. The third kappa shape index (κ3) is 3.56. The zero-order valence-electron chi connectivity index (χ0n) is 11.6. The van der Waals surface area contributed by atoms with Gasteiger partial charge in [-0.1, -0.05) is 6.92 Å². The van der Waals surface area contributed by atoms with Crippen LogP contribution in [0.1, 0.15) is 19.8 Å². The average Bonchev–Trinajstić information content (AvgIpc) is 2.38. The molecule has 0 aromatic heterocycles. The van der Waals surface area contributed by atoms with E-state index in [0.717, 1.165) is 11.0 Å². The van der Waals surface area contributed by atoms with Gasteiger partial charge in [0.15, 0.2) is 0 Å². The van der Waals surface area contributed by atoms with Crippen molar-refractivity contribution in [3.63, 3.8) is 0 Å². The normalized spacial score (nSPS) is 16.2. The predicted octanol–water partition coefficient (Wildman–Crippen LogP) is 1.13. The molecule has 1 saturated heterocycles. The number of benzene rings is 1. The van der Waals surface area contributed by atoms with E-state index in [1.165, 1.54) is 12.1 Å². The van der Waals surface area contributed by atoms with Crippen molar-refractivity contribution in [2.75, 3.05) is 17.6 Å². The summed E-state index contributed by atoms with van der Waals surface area (Å²) in [6, 6.07) is 3.57. The van der Waals surface area contributed by atoms with Gasteiger partial charge in [-0.05, 0) is 24.1 Å². The van der Waals surface area contributed by atoms with E-state index in [1.54, 1.807) is 6.92 Å². The minimum atomic E-state index is -0.594. The zero-order chi connectivity index (χ0) is 15.6. The van der Waals surface area contributed by atoms with Gasteiger partial charge in [0, 0.05) is 12.8 Å². The number of halogens is 1. The molecular formula is C14H16FN3O3. The Morgan fingerprint density at radius 1 is 1.38 bits per heavy atom. The van der Waals surface area contributed by atoms with E-state index in [-0.39, 0.29) is 48.5 Å². The van der Waals surface area contributed by atoms with Crippen LogP contribution in [0.5, 0.6) is 0 Å². The molecule has 2 rings (SSSR count). The summed E-state index contributed by atoms with van der Waals surface area (Å²) in [6.45, 7) is 1.42. The number of nitrogens with zero attached hydrogens (tertiary/aromatic N) is 1. The number of piperidine rings is 1. The van der Waals surface area contributed by atoms with Crippen LogP contribution >= 0.6 is 0 Å². The van der Waals surface area contributed by atoms with Crippen molar-refractivity contribution in [3.05, 3.63) is 24.0 Å². The molecule has 1 aliphatic heterocycles. The maximum absolute atomic E-state index is 13.1. The molecule has 1 fully saturated rings. The number of carbonyl (C=O) groups excluding carboxylic acids is 3. The highest BCUT2D eigenvalue weighted by Crippen LogP contribution is 2.21. The predicted molar refractivity (Wildman–Crippen MR) is 74.6 cm³/mol. The molecule has 7 heteroatoms. The van der Waals surface area contributed by atoms with Gasteiger partial charge in [-0.15, -0.1) is 0 Å². The molecule has 0 bridgehead atoms. The summed E-state index contributed by atoms with van der Waals surface area (Å²) >= 11 is 0. The van der Waals surface area contributed by atoms with Crippen LogP contribution in [0.3, 0.4) is 0 Å². The number of likely N-dealkylation sites (tertiary alicyclic amines) is 1. The van der Waals surface area contributed by atoms with Crippen LogP contribution in [-0.4, -0.2) is 29.2 Å². The highest BCUT2D eigenvalue weighted by Gasteiger charge is 2.31. The first-order valence-electron chi connectivity index (χ1n) is 6.55. The van der Waals surface area contributed by atoms with Crippen molar-refractivity contribution in [3.8, 4) is 0 Å². The number of nitrogens with two attached hydrogens (primary N) is 1. The molecule has 1 aromatic carbocycles. The molecule has 0 atom stereocenters. The zero-order valence-corrected chi connectivity index (χ0v) is 11.6. The van der Waals surface area contributed by atoms with Crippen LogP contribution in [0.4, 0.5) is 15.8 Å². The first-order valence-corrected chi connectivity index (χ1v) is 6.55. The number of nitrogens with one attached hydrogen (secondary N) is 1. The fourth-order valence-electron chi connectivity index (χ4n) is 2.17. The minimum Gasteiger partial charge on any atom is -0.397 e. The van der Waals surface area contributed by atoms with Crippen LogP contribution in [-0.2, 0) is 14.4 Å². The Hall–Kier alpha value is -2.44. The van der Waals surface area contributed by atoms with Crippen molar-refractivity contribution in [1.82, 2.24) is 4.90 Å². The number of hydrogen-bond acceptors (Lipinski definition) is 4. The summed E-state index contributed by atoms with van der Waals surface area (Å²) in [5, 5.41) is 2.40. The monoisotopic (exact) mass is 293 g/mol. The quantitative estimate of drug-likeness (QED) is 0.645. The largest absolute Gasteiger partial charge is 0.397 e. The van der Waals surface area contributed by atoms with E-state index >= 15 is 0 Å². The number of carbonyl (C=O) groups is 3. The maximum atomic E-state index is 13.1. The fraction of sp³-hybridized carbons (Fsp3) is 0.357. The van der Waals surface area contributed by atoms with Gasteiger partial charge in [-0.3, -0.25) is 19.3 Å². The van der Waals surface area contributed by atoms with E-state index in [9.17, 15) is 18.8 Å². The smallest absolute Gasteiger partial charge is 0.244 e. The fourth-order valence-corrected chi connectivity index (χ4v) is 2.17. The molecule has 21 heavy (non-hydrogen) atoms. The highest BCUT2D eigenvalue weighted by molar-refractivity contribution is 6.04. The molecule has 0 saturated carbocycles. The van der Waals surface area contributed by atoms with Gasteiger partial charge in [0.1, 0.15) is 12.4 Å². The van der Waals surface area contributed by atoms with E-state index in [0.29, 0.717) is 0 Å². The van der Waals surface area contributed by atoms with Crippen molar-refractivity contribution < 1.29 is 18.8 Å². The van der Waals surface area contributed by atoms with E-state index in [4.69, 9.17) is 5.73 Å². The molecule has 0 aliphatic carbocycles. The van der Waals surface area contributed by atoms with E-state index < -0.39 is 11.7 Å². The Kier molecular flexibility index (Phi) is 4.21. The molecule has 1 aromatic rings. The number of hydrogen-bond donors (Lipinski definition) is 2. The Bertz CT molecular complexity index is 585. The van der Waals surface area contributed by atoms with Gasteiger partial charge in [-0.25, -0.2) is 4.39 Å². The van der Waals surface area contributed by atoms with E-state index in [1.807, 2.05) is 0 Å². The van der Waals surface area contributed by atoms with Crippen molar-refractivity contribution in [2.24, 2.45) is 5.92 Å². The van der Waals surface area contributed by atoms with Crippen molar-refractivity contribution >= 4 is 29.1 Å². The number of rotatable bonds is 3. The topological polar surface area (TPSA) is 92.5 Å². The lowest BCUT2D eigenvalue weighted by Crippen LogP contribution is -2.46. The lowest BCUT2D eigenvalue weighted by molar-refractivity contribution is -0.151. The number of anilines is 2. The van der Waals surface area contributed by atoms with Crippen LogP contribution in [0, 0.1) is 11.7 Å². The molecule has 0 spiro atoms. The minimum absolute atomic E-state index is 0.0109. The molecule has 3 amide bonds. The molecule has 112 valence electrons. The van der Waals surface area contributed by atoms with Crippen molar-refractivity contribution in [1.29, 1.82) is 0 Å². The summed E-state index contributed by atoms with van der Waals surface area (Å²) in [4.78, 5) is 36.3. The Morgan fingerprint density at radius 3 is 2.62 bits per heavy atom. The first kappa shape index (κ1) is 15.0.